The Bertz CT molecular complexity index is 1520. The quantitative estimate of drug-likeness (QED) is 0.361. The fourth-order valence-electron chi connectivity index (χ4n) is 4.36. The minimum absolute atomic E-state index is 0.0506. The highest BCUT2D eigenvalue weighted by Crippen LogP contribution is 2.38. The zero-order chi connectivity index (χ0) is 24.6. The lowest BCUT2D eigenvalue weighted by molar-refractivity contribution is 0.442. The lowest BCUT2D eigenvalue weighted by Gasteiger charge is -2.25. The SMILES string of the molecule is CC(C)n1c(-c2ccc(NS(=O)(=O)C3CCC3)cc2)c(C#N)c2ccc(Oc3ncccn3)cc21. The van der Waals surface area contributed by atoms with Gasteiger partial charge in [-0.05, 0) is 62.6 Å². The number of ether oxygens (including phenoxy) is 1. The molecule has 5 rings (SSSR count). The fourth-order valence-corrected chi connectivity index (χ4v) is 5.94. The Morgan fingerprint density at radius 1 is 1.11 bits per heavy atom. The molecule has 2 aromatic carbocycles. The van der Waals surface area contributed by atoms with E-state index in [1.54, 1.807) is 36.7 Å². The average molecular weight is 488 g/mol. The standard InChI is InChI=1S/C26H25N5O3S/c1-17(2)31-24-15-20(34-26-28-13-4-14-29-26)11-12-22(24)23(16-27)25(31)18-7-9-19(10-8-18)30-35(32,33)21-5-3-6-21/h4,7-15,17,21,30H,3,5-6H2,1-2H3. The van der Waals surface area contributed by atoms with E-state index in [0.29, 0.717) is 29.8 Å². The van der Waals surface area contributed by atoms with Crippen molar-refractivity contribution in [1.29, 1.82) is 5.26 Å². The van der Waals surface area contributed by atoms with E-state index < -0.39 is 10.0 Å². The molecule has 0 amide bonds. The number of anilines is 1. The molecule has 178 valence electrons. The number of sulfonamides is 1. The summed E-state index contributed by atoms with van der Waals surface area (Å²) in [5, 5.41) is 10.6. The minimum Gasteiger partial charge on any atom is -0.424 e. The number of nitrogens with one attached hydrogen (secondary N) is 1. The van der Waals surface area contributed by atoms with Crippen molar-refractivity contribution in [2.45, 2.75) is 44.4 Å². The van der Waals surface area contributed by atoms with Crippen molar-refractivity contribution < 1.29 is 13.2 Å². The van der Waals surface area contributed by atoms with Crippen LogP contribution in [0.3, 0.4) is 0 Å². The summed E-state index contributed by atoms with van der Waals surface area (Å²) in [4.78, 5) is 8.22. The second-order valence-corrected chi connectivity index (χ2v) is 10.8. The van der Waals surface area contributed by atoms with Crippen molar-refractivity contribution in [3.8, 4) is 29.1 Å². The molecule has 1 aliphatic carbocycles. The number of nitriles is 1. The summed E-state index contributed by atoms with van der Waals surface area (Å²) in [7, 11) is -3.37. The van der Waals surface area contributed by atoms with E-state index in [2.05, 4.69) is 39.2 Å². The molecule has 9 heteroatoms. The lowest BCUT2D eigenvalue weighted by atomic mass is 10.0. The molecule has 0 spiro atoms. The molecule has 2 heterocycles. The third-order valence-corrected chi connectivity index (χ3v) is 8.13. The van der Waals surface area contributed by atoms with Crippen molar-refractivity contribution in [1.82, 2.24) is 14.5 Å². The Hall–Kier alpha value is -3.90. The summed E-state index contributed by atoms with van der Waals surface area (Å²) in [5.74, 6) is 0.569. The van der Waals surface area contributed by atoms with Crippen LogP contribution in [0.25, 0.3) is 22.2 Å². The summed E-state index contributed by atoms with van der Waals surface area (Å²) >= 11 is 0. The predicted octanol–water partition coefficient (Wildman–Crippen LogP) is 5.64. The number of hydrogen-bond donors (Lipinski definition) is 1. The summed E-state index contributed by atoms with van der Waals surface area (Å²) in [6.07, 6.45) is 5.58. The molecule has 8 nitrogen and oxygen atoms in total. The average Bonchev–Trinajstić information content (AvgIpc) is 3.12. The lowest BCUT2D eigenvalue weighted by Crippen LogP contribution is -2.33. The Morgan fingerprint density at radius 2 is 1.83 bits per heavy atom. The largest absolute Gasteiger partial charge is 0.424 e. The highest BCUT2D eigenvalue weighted by atomic mass is 32.2. The van der Waals surface area contributed by atoms with Gasteiger partial charge in [0.15, 0.2) is 0 Å². The van der Waals surface area contributed by atoms with Gasteiger partial charge in [-0.3, -0.25) is 4.72 Å². The first-order valence-electron chi connectivity index (χ1n) is 11.5. The molecule has 0 unspecified atom stereocenters. The first-order chi connectivity index (χ1) is 16.9. The summed E-state index contributed by atoms with van der Waals surface area (Å²) in [6, 6.07) is 17.1. The van der Waals surface area contributed by atoms with Gasteiger partial charge in [0.05, 0.1) is 22.0 Å². The van der Waals surface area contributed by atoms with Crippen LogP contribution in [-0.2, 0) is 10.0 Å². The van der Waals surface area contributed by atoms with Gasteiger partial charge in [-0.2, -0.15) is 5.26 Å². The van der Waals surface area contributed by atoms with E-state index in [4.69, 9.17) is 4.74 Å². The normalized spacial score (nSPS) is 14.0. The molecule has 0 radical (unpaired) electrons. The second kappa shape index (κ2) is 9.04. The number of benzene rings is 2. The summed E-state index contributed by atoms with van der Waals surface area (Å²) < 4.78 is 35.6. The highest BCUT2D eigenvalue weighted by molar-refractivity contribution is 7.93. The molecule has 1 fully saturated rings. The van der Waals surface area contributed by atoms with Gasteiger partial charge >= 0.3 is 6.01 Å². The number of rotatable bonds is 7. The van der Waals surface area contributed by atoms with Crippen LogP contribution < -0.4 is 9.46 Å². The first kappa shape index (κ1) is 22.9. The van der Waals surface area contributed by atoms with Gasteiger partial charge in [0.25, 0.3) is 0 Å². The van der Waals surface area contributed by atoms with E-state index in [1.807, 2.05) is 24.3 Å². The van der Waals surface area contributed by atoms with Gasteiger partial charge in [-0.25, -0.2) is 18.4 Å². The Kier molecular flexibility index (Phi) is 5.91. The molecule has 1 saturated carbocycles. The van der Waals surface area contributed by atoms with E-state index in [0.717, 1.165) is 28.6 Å². The van der Waals surface area contributed by atoms with Crippen molar-refractivity contribution >= 4 is 26.6 Å². The van der Waals surface area contributed by atoms with Gasteiger partial charge in [0.2, 0.25) is 10.0 Å². The Morgan fingerprint density at radius 3 is 2.43 bits per heavy atom. The molecule has 0 atom stereocenters. The number of nitrogens with zero attached hydrogens (tertiary/aromatic N) is 4. The van der Waals surface area contributed by atoms with Crippen molar-refractivity contribution in [2.24, 2.45) is 0 Å². The summed E-state index contributed by atoms with van der Waals surface area (Å²) in [5.41, 5.74) is 3.53. The molecule has 4 aromatic rings. The Labute approximate surface area is 204 Å². The van der Waals surface area contributed by atoms with Crippen LogP contribution >= 0.6 is 0 Å². The van der Waals surface area contributed by atoms with Crippen molar-refractivity contribution in [3.05, 3.63) is 66.5 Å². The van der Waals surface area contributed by atoms with E-state index >= 15 is 0 Å². The molecule has 1 N–H and O–H groups in total. The maximum absolute atomic E-state index is 12.5. The van der Waals surface area contributed by atoms with Gasteiger partial charge in [-0.15, -0.1) is 0 Å². The van der Waals surface area contributed by atoms with Crippen molar-refractivity contribution in [3.63, 3.8) is 0 Å². The molecule has 0 saturated heterocycles. The molecule has 0 bridgehead atoms. The fraction of sp³-hybridized carbons (Fsp3) is 0.269. The third-order valence-electron chi connectivity index (χ3n) is 6.26. The molecule has 0 aliphatic heterocycles. The topological polar surface area (TPSA) is 110 Å². The first-order valence-corrected chi connectivity index (χ1v) is 13.1. The van der Waals surface area contributed by atoms with Gasteiger partial charge in [0, 0.05) is 35.6 Å². The van der Waals surface area contributed by atoms with Crippen LogP contribution in [0.2, 0.25) is 0 Å². The smallest absolute Gasteiger partial charge is 0.321 e. The minimum atomic E-state index is -3.37. The van der Waals surface area contributed by atoms with Crippen LogP contribution in [0.1, 0.15) is 44.7 Å². The van der Waals surface area contributed by atoms with E-state index in [1.165, 1.54) is 0 Å². The van der Waals surface area contributed by atoms with Crippen LogP contribution in [0, 0.1) is 11.3 Å². The molecular formula is C26H25N5O3S. The Balaban J connectivity index is 1.55. The third kappa shape index (κ3) is 4.33. The number of hydrogen-bond acceptors (Lipinski definition) is 6. The summed E-state index contributed by atoms with van der Waals surface area (Å²) in [6.45, 7) is 4.11. The second-order valence-electron chi connectivity index (χ2n) is 8.89. The zero-order valence-corrected chi connectivity index (χ0v) is 20.3. The molecular weight excluding hydrogens is 462 g/mol. The van der Waals surface area contributed by atoms with Crippen molar-refractivity contribution in [2.75, 3.05) is 4.72 Å². The monoisotopic (exact) mass is 487 g/mol. The van der Waals surface area contributed by atoms with E-state index in [-0.39, 0.29) is 17.3 Å². The highest BCUT2D eigenvalue weighted by Gasteiger charge is 2.31. The maximum atomic E-state index is 12.5. The number of fused-ring (bicyclic) bond motifs is 1. The number of aromatic nitrogens is 3. The van der Waals surface area contributed by atoms with Gasteiger partial charge in [-0.1, -0.05) is 18.6 Å². The molecule has 35 heavy (non-hydrogen) atoms. The molecule has 1 aliphatic rings. The predicted molar refractivity (Wildman–Crippen MR) is 135 cm³/mol. The van der Waals surface area contributed by atoms with Crippen LogP contribution in [-0.4, -0.2) is 28.2 Å². The van der Waals surface area contributed by atoms with Crippen LogP contribution in [0.15, 0.2) is 60.9 Å². The van der Waals surface area contributed by atoms with E-state index in [9.17, 15) is 13.7 Å². The van der Waals surface area contributed by atoms with Crippen LogP contribution in [0.4, 0.5) is 5.69 Å². The van der Waals surface area contributed by atoms with Gasteiger partial charge < -0.3 is 9.30 Å². The van der Waals surface area contributed by atoms with Gasteiger partial charge in [0.1, 0.15) is 11.8 Å². The zero-order valence-electron chi connectivity index (χ0n) is 19.5. The maximum Gasteiger partial charge on any atom is 0.321 e. The molecule has 2 aromatic heterocycles. The van der Waals surface area contributed by atoms with Crippen LogP contribution in [0.5, 0.6) is 11.8 Å².